The predicted molar refractivity (Wildman–Crippen MR) is 97.0 cm³/mol. The Labute approximate surface area is 168 Å². The highest BCUT2D eigenvalue weighted by Gasteiger charge is 2.28. The first-order chi connectivity index (χ1) is 14.3. The smallest absolute Gasteiger partial charge is 0.422 e. The lowest BCUT2D eigenvalue weighted by molar-refractivity contribution is -0.154. The lowest BCUT2D eigenvalue weighted by atomic mass is 10.2. The molecule has 30 heavy (non-hydrogen) atoms. The van der Waals surface area contributed by atoms with E-state index in [4.69, 9.17) is 4.52 Å². The molecular formula is C19H16F4N4O3. The molecule has 1 N–H and O–H groups in total. The summed E-state index contributed by atoms with van der Waals surface area (Å²) in [6.45, 7) is -1.44. The quantitative estimate of drug-likeness (QED) is 0.546. The minimum Gasteiger partial charge on any atom is -0.468 e. The van der Waals surface area contributed by atoms with Gasteiger partial charge in [0.15, 0.2) is 6.61 Å². The van der Waals surface area contributed by atoms with Crippen LogP contribution in [0.3, 0.4) is 0 Å². The molecule has 0 unspecified atom stereocenters. The molecule has 3 aromatic rings. The number of nitrogens with zero attached hydrogens (tertiary/aromatic N) is 3. The summed E-state index contributed by atoms with van der Waals surface area (Å²) < 4.78 is 58.9. The number of hydrogen-bond donors (Lipinski definition) is 1. The van der Waals surface area contributed by atoms with Crippen molar-refractivity contribution in [2.24, 2.45) is 0 Å². The van der Waals surface area contributed by atoms with Gasteiger partial charge >= 0.3 is 6.18 Å². The van der Waals surface area contributed by atoms with Crippen molar-refractivity contribution in [3.8, 4) is 17.3 Å². The van der Waals surface area contributed by atoms with E-state index in [1.54, 1.807) is 0 Å². The van der Waals surface area contributed by atoms with Crippen LogP contribution in [0, 0.1) is 5.82 Å². The second-order valence-corrected chi connectivity index (χ2v) is 6.21. The van der Waals surface area contributed by atoms with Gasteiger partial charge in [0.2, 0.25) is 23.5 Å². The Morgan fingerprint density at radius 3 is 2.57 bits per heavy atom. The molecule has 11 heteroatoms. The lowest BCUT2D eigenvalue weighted by Gasteiger charge is -2.09. The zero-order chi connectivity index (χ0) is 21.6. The predicted octanol–water partition coefficient (Wildman–Crippen LogP) is 4.17. The third-order valence-electron chi connectivity index (χ3n) is 3.77. The maximum Gasteiger partial charge on any atom is 0.422 e. The minimum absolute atomic E-state index is 0.153. The summed E-state index contributed by atoms with van der Waals surface area (Å²) in [5.41, 5.74) is 0.940. The van der Waals surface area contributed by atoms with Crippen LogP contribution in [0.15, 0.2) is 47.1 Å². The van der Waals surface area contributed by atoms with Gasteiger partial charge in [-0.2, -0.15) is 18.2 Å². The van der Waals surface area contributed by atoms with Crippen molar-refractivity contribution < 1.29 is 31.6 Å². The van der Waals surface area contributed by atoms with Crippen LogP contribution in [0.2, 0.25) is 0 Å². The molecule has 2 aromatic heterocycles. The Hall–Kier alpha value is -3.50. The number of aromatic nitrogens is 3. The molecule has 0 aliphatic heterocycles. The Kier molecular flexibility index (Phi) is 6.60. The largest absolute Gasteiger partial charge is 0.468 e. The second-order valence-electron chi connectivity index (χ2n) is 6.21. The summed E-state index contributed by atoms with van der Waals surface area (Å²) in [4.78, 5) is 19.9. The van der Waals surface area contributed by atoms with Gasteiger partial charge in [0.25, 0.3) is 0 Å². The standard InChI is InChI=1S/C19H16F4N4O3/c20-13-6-4-12(5-7-13)18-26-17(30-27-18)3-1-2-15(28)25-14-8-9-16(24-10-14)29-11-19(21,22)23/h4-10H,1-3,11H2,(H,25,28). The SMILES string of the molecule is O=C(CCCc1nc(-c2ccc(F)cc2)no1)Nc1ccc(OCC(F)(F)F)nc1. The molecule has 0 aliphatic carbocycles. The molecule has 0 atom stereocenters. The van der Waals surface area contributed by atoms with Crippen molar-refractivity contribution in [3.05, 3.63) is 54.3 Å². The van der Waals surface area contributed by atoms with Crippen LogP contribution in [0.25, 0.3) is 11.4 Å². The number of halogens is 4. The van der Waals surface area contributed by atoms with Crippen LogP contribution in [0.1, 0.15) is 18.7 Å². The topological polar surface area (TPSA) is 90.1 Å². The fourth-order valence-corrected chi connectivity index (χ4v) is 2.39. The van der Waals surface area contributed by atoms with E-state index in [1.165, 1.54) is 42.6 Å². The number of nitrogens with one attached hydrogen (secondary N) is 1. The summed E-state index contributed by atoms with van der Waals surface area (Å²) in [7, 11) is 0. The van der Waals surface area contributed by atoms with Crippen molar-refractivity contribution in [1.29, 1.82) is 0 Å². The number of pyridine rings is 1. The van der Waals surface area contributed by atoms with Crippen molar-refractivity contribution >= 4 is 11.6 Å². The Bertz CT molecular complexity index is 973. The van der Waals surface area contributed by atoms with Crippen molar-refractivity contribution in [3.63, 3.8) is 0 Å². The van der Waals surface area contributed by atoms with Crippen molar-refractivity contribution in [2.45, 2.75) is 25.4 Å². The van der Waals surface area contributed by atoms with E-state index in [0.717, 1.165) is 0 Å². The average molecular weight is 424 g/mol. The average Bonchev–Trinajstić information content (AvgIpc) is 3.16. The van der Waals surface area contributed by atoms with Crippen LogP contribution >= 0.6 is 0 Å². The van der Waals surface area contributed by atoms with Gasteiger partial charge in [-0.15, -0.1) is 0 Å². The molecule has 1 aromatic carbocycles. The number of ether oxygens (including phenoxy) is 1. The highest BCUT2D eigenvalue weighted by atomic mass is 19.4. The summed E-state index contributed by atoms with van der Waals surface area (Å²) in [5.74, 6) is -0.201. The van der Waals surface area contributed by atoms with Crippen LogP contribution < -0.4 is 10.1 Å². The number of amides is 1. The van der Waals surface area contributed by atoms with E-state index in [9.17, 15) is 22.4 Å². The molecule has 0 saturated heterocycles. The maximum atomic E-state index is 12.9. The number of hydrogen-bond acceptors (Lipinski definition) is 6. The molecule has 0 bridgehead atoms. The molecule has 1 amide bonds. The van der Waals surface area contributed by atoms with Gasteiger partial charge in [-0.1, -0.05) is 5.16 Å². The third-order valence-corrected chi connectivity index (χ3v) is 3.77. The van der Waals surface area contributed by atoms with Gasteiger partial charge in [0.05, 0.1) is 11.9 Å². The maximum absolute atomic E-state index is 12.9. The minimum atomic E-state index is -4.45. The van der Waals surface area contributed by atoms with Gasteiger partial charge in [0, 0.05) is 24.5 Å². The Morgan fingerprint density at radius 2 is 1.90 bits per heavy atom. The molecule has 2 heterocycles. The van der Waals surface area contributed by atoms with E-state index >= 15 is 0 Å². The van der Waals surface area contributed by atoms with Gasteiger partial charge in [-0.3, -0.25) is 4.79 Å². The number of carbonyl (C=O) groups excluding carboxylic acids is 1. The molecule has 0 radical (unpaired) electrons. The molecule has 158 valence electrons. The highest BCUT2D eigenvalue weighted by molar-refractivity contribution is 5.90. The van der Waals surface area contributed by atoms with Crippen LogP contribution in [0.4, 0.5) is 23.2 Å². The summed E-state index contributed by atoms with van der Waals surface area (Å²) in [5, 5.41) is 6.40. The first-order valence-corrected chi connectivity index (χ1v) is 8.82. The number of carbonyl (C=O) groups is 1. The van der Waals surface area contributed by atoms with E-state index in [2.05, 4.69) is 25.2 Å². The Morgan fingerprint density at radius 1 is 1.13 bits per heavy atom. The molecule has 0 saturated carbocycles. The first-order valence-electron chi connectivity index (χ1n) is 8.82. The zero-order valence-corrected chi connectivity index (χ0v) is 15.4. The molecule has 7 nitrogen and oxygen atoms in total. The first kappa shape index (κ1) is 21.2. The fourth-order valence-electron chi connectivity index (χ4n) is 2.39. The molecule has 3 rings (SSSR count). The molecule has 0 fully saturated rings. The van der Waals surface area contributed by atoms with Gasteiger partial charge < -0.3 is 14.6 Å². The van der Waals surface area contributed by atoms with Crippen LogP contribution in [-0.4, -0.2) is 33.8 Å². The summed E-state index contributed by atoms with van der Waals surface area (Å²) >= 11 is 0. The van der Waals surface area contributed by atoms with Gasteiger partial charge in [-0.05, 0) is 36.8 Å². The van der Waals surface area contributed by atoms with Gasteiger partial charge in [-0.25, -0.2) is 9.37 Å². The number of anilines is 1. The number of alkyl halides is 3. The number of benzene rings is 1. The monoisotopic (exact) mass is 424 g/mol. The van der Waals surface area contributed by atoms with Crippen LogP contribution in [0.5, 0.6) is 5.88 Å². The van der Waals surface area contributed by atoms with Crippen LogP contribution in [-0.2, 0) is 11.2 Å². The second kappa shape index (κ2) is 9.33. The lowest BCUT2D eigenvalue weighted by Crippen LogP contribution is -2.19. The highest BCUT2D eigenvalue weighted by Crippen LogP contribution is 2.19. The van der Waals surface area contributed by atoms with E-state index in [1.807, 2.05) is 0 Å². The number of aryl methyl sites for hydroxylation is 1. The van der Waals surface area contributed by atoms with E-state index in [-0.39, 0.29) is 24.0 Å². The third kappa shape index (κ3) is 6.54. The summed E-state index contributed by atoms with van der Waals surface area (Å²) in [6.07, 6.45) is -2.30. The molecular weight excluding hydrogens is 408 g/mol. The molecule has 0 aliphatic rings. The van der Waals surface area contributed by atoms with Crippen molar-refractivity contribution in [1.82, 2.24) is 15.1 Å². The van der Waals surface area contributed by atoms with E-state index < -0.39 is 12.8 Å². The van der Waals surface area contributed by atoms with E-state index in [0.29, 0.717) is 35.8 Å². The molecule has 0 spiro atoms. The normalized spacial score (nSPS) is 11.3. The van der Waals surface area contributed by atoms with Crippen molar-refractivity contribution in [2.75, 3.05) is 11.9 Å². The fraction of sp³-hybridized carbons (Fsp3) is 0.263. The number of rotatable bonds is 8. The summed E-state index contributed by atoms with van der Waals surface area (Å²) in [6, 6.07) is 8.27. The Balaban J connectivity index is 1.42. The zero-order valence-electron chi connectivity index (χ0n) is 15.4. The van der Waals surface area contributed by atoms with Gasteiger partial charge in [0.1, 0.15) is 5.82 Å².